The Hall–Kier alpha value is -3.39. The van der Waals surface area contributed by atoms with Gasteiger partial charge in [0.05, 0.1) is 28.0 Å². The van der Waals surface area contributed by atoms with Gasteiger partial charge in [-0.25, -0.2) is 4.98 Å². The van der Waals surface area contributed by atoms with Crippen molar-refractivity contribution in [3.05, 3.63) is 76.3 Å². The quantitative estimate of drug-likeness (QED) is 0.527. The van der Waals surface area contributed by atoms with Crippen molar-refractivity contribution in [2.24, 2.45) is 0 Å². The Balaban J connectivity index is 1.61. The van der Waals surface area contributed by atoms with E-state index in [4.69, 9.17) is 16.3 Å². The first-order valence-corrected chi connectivity index (χ1v) is 7.86. The summed E-state index contributed by atoms with van der Waals surface area (Å²) in [6, 6.07) is 10.7. The highest BCUT2D eigenvalue weighted by atomic mass is 35.5. The molecule has 0 spiro atoms. The van der Waals surface area contributed by atoms with Crippen LogP contribution in [0.2, 0.25) is 5.02 Å². The molecule has 0 saturated carbocycles. The van der Waals surface area contributed by atoms with Crippen molar-refractivity contribution in [2.75, 3.05) is 11.9 Å². The highest BCUT2D eigenvalue weighted by Gasteiger charge is 2.10. The van der Waals surface area contributed by atoms with Gasteiger partial charge in [0, 0.05) is 24.1 Å². The first-order valence-electron chi connectivity index (χ1n) is 7.48. The fourth-order valence-corrected chi connectivity index (χ4v) is 2.51. The molecule has 0 fully saturated rings. The largest absolute Gasteiger partial charge is 0.484 e. The average Bonchev–Trinajstić information content (AvgIpc) is 3.14. The van der Waals surface area contributed by atoms with E-state index < -0.39 is 10.8 Å². The van der Waals surface area contributed by atoms with Crippen LogP contribution in [0, 0.1) is 10.1 Å². The number of aromatic nitrogens is 2. The number of nitro groups is 1. The maximum atomic E-state index is 12.0. The number of carbonyl (C=O) groups is 1. The molecule has 3 aromatic rings. The molecule has 0 aliphatic heterocycles. The van der Waals surface area contributed by atoms with Gasteiger partial charge in [0.1, 0.15) is 5.75 Å². The third-order valence-electron chi connectivity index (χ3n) is 3.41. The lowest BCUT2D eigenvalue weighted by atomic mass is 10.2. The molecule has 0 atom stereocenters. The molecule has 1 heterocycles. The number of halogens is 1. The van der Waals surface area contributed by atoms with Crippen molar-refractivity contribution in [3.63, 3.8) is 0 Å². The molecule has 0 unspecified atom stereocenters. The topological polar surface area (TPSA) is 99.3 Å². The number of nitrogens with zero attached hydrogens (tertiary/aromatic N) is 3. The molecule has 0 aliphatic rings. The summed E-state index contributed by atoms with van der Waals surface area (Å²) in [5.41, 5.74) is 1.13. The van der Waals surface area contributed by atoms with Crippen LogP contribution in [0.25, 0.3) is 5.69 Å². The van der Waals surface area contributed by atoms with Gasteiger partial charge in [0.2, 0.25) is 0 Å². The Morgan fingerprint density at radius 1 is 1.31 bits per heavy atom. The number of ether oxygens (including phenoxy) is 1. The Bertz CT molecular complexity index is 944. The molecule has 0 bridgehead atoms. The molecule has 0 aliphatic carbocycles. The van der Waals surface area contributed by atoms with Gasteiger partial charge in [0.15, 0.2) is 6.61 Å². The predicted molar refractivity (Wildman–Crippen MR) is 95.8 cm³/mol. The molecule has 1 amide bonds. The Labute approximate surface area is 153 Å². The minimum absolute atomic E-state index is 0.107. The van der Waals surface area contributed by atoms with Crippen LogP contribution in [0.3, 0.4) is 0 Å². The van der Waals surface area contributed by atoms with Crippen LogP contribution < -0.4 is 10.1 Å². The molecule has 2 aromatic carbocycles. The second-order valence-corrected chi connectivity index (χ2v) is 5.63. The fourth-order valence-electron chi connectivity index (χ4n) is 2.23. The van der Waals surface area contributed by atoms with Crippen LogP contribution in [-0.4, -0.2) is 27.0 Å². The first kappa shape index (κ1) is 17.4. The van der Waals surface area contributed by atoms with Gasteiger partial charge in [-0.05, 0) is 24.3 Å². The van der Waals surface area contributed by atoms with Crippen LogP contribution in [0.5, 0.6) is 5.75 Å². The summed E-state index contributed by atoms with van der Waals surface area (Å²) in [7, 11) is 0. The third-order valence-corrected chi connectivity index (χ3v) is 3.72. The van der Waals surface area contributed by atoms with Crippen molar-refractivity contribution in [2.45, 2.75) is 0 Å². The van der Waals surface area contributed by atoms with E-state index in [2.05, 4.69) is 10.3 Å². The zero-order valence-corrected chi connectivity index (χ0v) is 14.1. The van der Waals surface area contributed by atoms with Gasteiger partial charge in [-0.2, -0.15) is 0 Å². The van der Waals surface area contributed by atoms with Crippen LogP contribution in [0.15, 0.2) is 61.2 Å². The van der Waals surface area contributed by atoms with Gasteiger partial charge in [-0.15, -0.1) is 0 Å². The molecule has 3 rings (SSSR count). The van der Waals surface area contributed by atoms with Crippen LogP contribution in [0.1, 0.15) is 0 Å². The molecule has 8 nitrogen and oxygen atoms in total. The Kier molecular flexibility index (Phi) is 5.14. The summed E-state index contributed by atoms with van der Waals surface area (Å²) < 4.78 is 7.03. The highest BCUT2D eigenvalue weighted by Crippen LogP contribution is 2.24. The SMILES string of the molecule is O=C(COc1cccc([N+](=O)[O-])c1)Nc1ccc(-n2ccnc2)c(Cl)c1. The molecule has 132 valence electrons. The predicted octanol–water partition coefficient (Wildman–Crippen LogP) is 3.45. The zero-order chi connectivity index (χ0) is 18.5. The molecule has 0 saturated heterocycles. The Morgan fingerprint density at radius 3 is 2.85 bits per heavy atom. The fraction of sp³-hybridized carbons (Fsp3) is 0.0588. The van der Waals surface area contributed by atoms with Crippen molar-refractivity contribution < 1.29 is 14.5 Å². The van der Waals surface area contributed by atoms with E-state index in [1.165, 1.54) is 24.3 Å². The number of benzene rings is 2. The maximum absolute atomic E-state index is 12.0. The molecule has 1 N–H and O–H groups in total. The van der Waals surface area contributed by atoms with Crippen LogP contribution in [-0.2, 0) is 4.79 Å². The number of carbonyl (C=O) groups excluding carboxylic acids is 1. The van der Waals surface area contributed by atoms with E-state index in [0.29, 0.717) is 10.7 Å². The second-order valence-electron chi connectivity index (χ2n) is 5.23. The highest BCUT2D eigenvalue weighted by molar-refractivity contribution is 6.32. The van der Waals surface area contributed by atoms with Gasteiger partial charge < -0.3 is 14.6 Å². The number of nitrogens with one attached hydrogen (secondary N) is 1. The van der Waals surface area contributed by atoms with Crippen molar-refractivity contribution in [3.8, 4) is 11.4 Å². The number of imidazole rings is 1. The minimum Gasteiger partial charge on any atom is -0.484 e. The summed E-state index contributed by atoms with van der Waals surface area (Å²) in [6.07, 6.45) is 5.01. The monoisotopic (exact) mass is 372 g/mol. The van der Waals surface area contributed by atoms with E-state index in [0.717, 1.165) is 5.69 Å². The normalized spacial score (nSPS) is 10.3. The maximum Gasteiger partial charge on any atom is 0.273 e. The number of hydrogen-bond donors (Lipinski definition) is 1. The second kappa shape index (κ2) is 7.66. The summed E-state index contributed by atoms with van der Waals surface area (Å²) in [5.74, 6) is -0.175. The van der Waals surface area contributed by atoms with E-state index in [1.807, 2.05) is 0 Å². The lowest BCUT2D eigenvalue weighted by Gasteiger charge is -2.10. The number of rotatable bonds is 6. The summed E-state index contributed by atoms with van der Waals surface area (Å²) in [6.45, 7) is -0.290. The van der Waals surface area contributed by atoms with E-state index >= 15 is 0 Å². The number of anilines is 1. The van der Waals surface area contributed by atoms with Crippen molar-refractivity contribution >= 4 is 28.9 Å². The van der Waals surface area contributed by atoms with Gasteiger partial charge >= 0.3 is 0 Å². The molecule has 26 heavy (non-hydrogen) atoms. The molecular weight excluding hydrogens is 360 g/mol. The van der Waals surface area contributed by atoms with Crippen molar-refractivity contribution in [1.82, 2.24) is 9.55 Å². The smallest absolute Gasteiger partial charge is 0.273 e. The van der Waals surface area contributed by atoms with Gasteiger partial charge in [-0.1, -0.05) is 17.7 Å². The standard InChI is InChI=1S/C17H13ClN4O4/c18-15-8-12(4-5-16(15)21-7-6-19-11-21)20-17(23)10-26-14-3-1-2-13(9-14)22(24)25/h1-9,11H,10H2,(H,20,23). The number of amides is 1. The van der Waals surface area contributed by atoms with Crippen molar-refractivity contribution in [1.29, 1.82) is 0 Å². The van der Waals surface area contributed by atoms with Gasteiger partial charge in [0.25, 0.3) is 11.6 Å². The van der Waals surface area contributed by atoms with Crippen LogP contribution in [0.4, 0.5) is 11.4 Å². The van der Waals surface area contributed by atoms with Crippen LogP contribution >= 0.6 is 11.6 Å². The van der Waals surface area contributed by atoms with Gasteiger partial charge in [-0.3, -0.25) is 14.9 Å². The number of non-ortho nitro benzene ring substituents is 1. The third kappa shape index (κ3) is 4.17. The summed E-state index contributed by atoms with van der Waals surface area (Å²) in [4.78, 5) is 26.2. The van der Waals surface area contributed by atoms with E-state index in [1.54, 1.807) is 41.5 Å². The molecular formula is C17H13ClN4O4. The minimum atomic E-state index is -0.531. The Morgan fingerprint density at radius 2 is 2.15 bits per heavy atom. The summed E-state index contributed by atoms with van der Waals surface area (Å²) in [5, 5.41) is 13.8. The van der Waals surface area contributed by atoms with E-state index in [9.17, 15) is 14.9 Å². The molecule has 1 aromatic heterocycles. The number of nitro benzene ring substituents is 1. The number of hydrogen-bond acceptors (Lipinski definition) is 5. The average molecular weight is 373 g/mol. The lowest BCUT2D eigenvalue weighted by molar-refractivity contribution is -0.384. The van der Waals surface area contributed by atoms with E-state index in [-0.39, 0.29) is 18.0 Å². The summed E-state index contributed by atoms with van der Waals surface area (Å²) >= 11 is 6.23. The molecule has 0 radical (unpaired) electrons. The molecule has 9 heteroatoms. The first-order chi connectivity index (χ1) is 12.5. The lowest BCUT2D eigenvalue weighted by Crippen LogP contribution is -2.20. The zero-order valence-electron chi connectivity index (χ0n) is 13.3.